The van der Waals surface area contributed by atoms with Crippen LogP contribution in [-0.2, 0) is 16.1 Å². The van der Waals surface area contributed by atoms with Crippen LogP contribution in [0.1, 0.15) is 24.8 Å². The Morgan fingerprint density at radius 3 is 2.74 bits per heavy atom. The third-order valence-electron chi connectivity index (χ3n) is 4.90. The highest BCUT2D eigenvalue weighted by molar-refractivity contribution is 5.87. The molecule has 5 nitrogen and oxygen atoms in total. The fourth-order valence-corrected chi connectivity index (χ4v) is 3.42. The zero-order valence-electron chi connectivity index (χ0n) is 13.7. The Morgan fingerprint density at radius 2 is 2.00 bits per heavy atom. The predicted molar refractivity (Wildman–Crippen MR) is 88.6 cm³/mol. The maximum Gasteiger partial charge on any atom is 0.223 e. The smallest absolute Gasteiger partial charge is 0.223 e. The van der Waals surface area contributed by atoms with Gasteiger partial charge in [-0.3, -0.25) is 14.5 Å². The largest absolute Gasteiger partial charge is 0.352 e. The number of likely N-dealkylation sites (tertiary alicyclic amines) is 2. The van der Waals surface area contributed by atoms with E-state index in [1.54, 1.807) is 11.9 Å². The highest BCUT2D eigenvalue weighted by Crippen LogP contribution is 2.19. The maximum atomic E-state index is 12.4. The van der Waals surface area contributed by atoms with Gasteiger partial charge in [0.2, 0.25) is 11.8 Å². The van der Waals surface area contributed by atoms with Crippen LogP contribution in [0.3, 0.4) is 0 Å². The second-order valence-electron chi connectivity index (χ2n) is 6.72. The lowest BCUT2D eigenvalue weighted by Gasteiger charge is -2.28. The number of rotatable bonds is 4. The van der Waals surface area contributed by atoms with Crippen LogP contribution < -0.4 is 5.32 Å². The number of nitrogens with one attached hydrogen (secondary N) is 1. The van der Waals surface area contributed by atoms with Crippen molar-refractivity contribution in [3.63, 3.8) is 0 Å². The van der Waals surface area contributed by atoms with E-state index < -0.39 is 0 Å². The molecule has 124 valence electrons. The van der Waals surface area contributed by atoms with Crippen molar-refractivity contribution in [3.05, 3.63) is 35.9 Å². The molecule has 1 aromatic carbocycles. The molecule has 0 radical (unpaired) electrons. The first-order valence-corrected chi connectivity index (χ1v) is 8.42. The lowest BCUT2D eigenvalue weighted by molar-refractivity contribution is -0.139. The molecule has 2 saturated heterocycles. The third-order valence-corrected chi connectivity index (χ3v) is 4.90. The van der Waals surface area contributed by atoms with E-state index in [1.165, 1.54) is 5.56 Å². The standard InChI is InChI=1S/C18H25N3O2/c1-20-9-7-15(11-17(20)22)18(23)19-16-8-10-21(13-16)12-14-5-3-2-4-6-14/h2-6,15-16H,7-13H2,1H3,(H,19,23). The molecule has 0 aliphatic carbocycles. The molecule has 2 aliphatic heterocycles. The number of carbonyl (C=O) groups is 2. The summed E-state index contributed by atoms with van der Waals surface area (Å²) in [5, 5.41) is 3.15. The van der Waals surface area contributed by atoms with Gasteiger partial charge in [-0.2, -0.15) is 0 Å². The Labute approximate surface area is 137 Å². The Balaban J connectivity index is 1.46. The van der Waals surface area contributed by atoms with E-state index in [1.807, 2.05) is 6.07 Å². The molecular weight excluding hydrogens is 290 g/mol. The van der Waals surface area contributed by atoms with Gasteiger partial charge in [0.05, 0.1) is 0 Å². The number of hydrogen-bond donors (Lipinski definition) is 1. The first-order valence-electron chi connectivity index (χ1n) is 8.42. The summed E-state index contributed by atoms with van der Waals surface area (Å²) in [6.45, 7) is 3.51. The lowest BCUT2D eigenvalue weighted by Crippen LogP contribution is -2.45. The molecule has 0 aromatic heterocycles. The first kappa shape index (κ1) is 16.0. The minimum atomic E-state index is -0.151. The summed E-state index contributed by atoms with van der Waals surface area (Å²) in [4.78, 5) is 28.2. The molecule has 2 heterocycles. The molecule has 2 fully saturated rings. The molecule has 0 saturated carbocycles. The molecular formula is C18H25N3O2. The van der Waals surface area contributed by atoms with E-state index in [0.717, 1.165) is 32.5 Å². The molecule has 1 N–H and O–H groups in total. The number of piperidine rings is 1. The Morgan fingerprint density at radius 1 is 1.22 bits per heavy atom. The van der Waals surface area contributed by atoms with Crippen molar-refractivity contribution in [1.29, 1.82) is 0 Å². The fourth-order valence-electron chi connectivity index (χ4n) is 3.42. The first-order chi connectivity index (χ1) is 11.1. The Kier molecular flexibility index (Phi) is 4.96. The van der Waals surface area contributed by atoms with Gasteiger partial charge in [-0.15, -0.1) is 0 Å². The fraction of sp³-hybridized carbons (Fsp3) is 0.556. The molecule has 0 bridgehead atoms. The van der Waals surface area contributed by atoms with Gasteiger partial charge < -0.3 is 10.2 Å². The van der Waals surface area contributed by atoms with Crippen LogP contribution in [0.15, 0.2) is 30.3 Å². The van der Waals surface area contributed by atoms with Gasteiger partial charge in [0.25, 0.3) is 0 Å². The molecule has 23 heavy (non-hydrogen) atoms. The number of hydrogen-bond acceptors (Lipinski definition) is 3. The normalized spacial score (nSPS) is 25.6. The van der Waals surface area contributed by atoms with Crippen molar-refractivity contribution in [3.8, 4) is 0 Å². The van der Waals surface area contributed by atoms with Gasteiger partial charge >= 0.3 is 0 Å². The summed E-state index contributed by atoms with van der Waals surface area (Å²) in [7, 11) is 1.80. The van der Waals surface area contributed by atoms with Crippen LogP contribution in [0, 0.1) is 5.92 Å². The third kappa shape index (κ3) is 4.10. The number of nitrogens with zero attached hydrogens (tertiary/aromatic N) is 2. The van der Waals surface area contributed by atoms with Crippen molar-refractivity contribution < 1.29 is 9.59 Å². The number of benzene rings is 1. The highest BCUT2D eigenvalue weighted by Gasteiger charge is 2.31. The Hall–Kier alpha value is -1.88. The molecule has 5 heteroatoms. The SMILES string of the molecule is CN1CCC(C(=O)NC2CCN(Cc3ccccc3)C2)CC1=O. The van der Waals surface area contributed by atoms with Gasteiger partial charge in [-0.05, 0) is 18.4 Å². The average molecular weight is 315 g/mol. The van der Waals surface area contributed by atoms with Crippen LogP contribution in [0.4, 0.5) is 0 Å². The van der Waals surface area contributed by atoms with E-state index in [0.29, 0.717) is 13.0 Å². The topological polar surface area (TPSA) is 52.7 Å². The summed E-state index contributed by atoms with van der Waals surface area (Å²) in [5.41, 5.74) is 1.31. The van der Waals surface area contributed by atoms with Crippen LogP contribution in [0.2, 0.25) is 0 Å². The second-order valence-corrected chi connectivity index (χ2v) is 6.72. The Bertz CT molecular complexity index is 561. The van der Waals surface area contributed by atoms with Gasteiger partial charge in [-0.25, -0.2) is 0 Å². The van der Waals surface area contributed by atoms with Crippen LogP contribution in [-0.4, -0.2) is 54.3 Å². The summed E-state index contributed by atoms with van der Waals surface area (Å²) < 4.78 is 0. The minimum absolute atomic E-state index is 0.0537. The zero-order valence-corrected chi connectivity index (χ0v) is 13.7. The summed E-state index contributed by atoms with van der Waals surface area (Å²) in [6.07, 6.45) is 2.11. The number of amides is 2. The number of carbonyl (C=O) groups excluding carboxylic acids is 2. The molecule has 2 amide bonds. The van der Waals surface area contributed by atoms with E-state index in [4.69, 9.17) is 0 Å². The molecule has 1 aromatic rings. The second kappa shape index (κ2) is 7.13. The van der Waals surface area contributed by atoms with Crippen molar-refractivity contribution in [2.24, 2.45) is 5.92 Å². The predicted octanol–water partition coefficient (Wildman–Crippen LogP) is 1.25. The lowest BCUT2D eigenvalue weighted by atomic mass is 9.95. The van der Waals surface area contributed by atoms with Crippen LogP contribution in [0.5, 0.6) is 0 Å². The summed E-state index contributed by atoms with van der Waals surface area (Å²) in [6, 6.07) is 10.6. The summed E-state index contributed by atoms with van der Waals surface area (Å²) >= 11 is 0. The molecule has 0 spiro atoms. The van der Waals surface area contributed by atoms with Gasteiger partial charge in [0.1, 0.15) is 0 Å². The quantitative estimate of drug-likeness (QED) is 0.910. The monoisotopic (exact) mass is 315 g/mol. The summed E-state index contributed by atoms with van der Waals surface area (Å²) in [5.74, 6) is -0.0200. The molecule has 3 rings (SSSR count). The van der Waals surface area contributed by atoms with E-state index >= 15 is 0 Å². The van der Waals surface area contributed by atoms with Gasteiger partial charge in [0.15, 0.2) is 0 Å². The van der Waals surface area contributed by atoms with Gasteiger partial charge in [0, 0.05) is 51.6 Å². The van der Waals surface area contributed by atoms with E-state index in [9.17, 15) is 9.59 Å². The molecule has 2 unspecified atom stereocenters. The average Bonchev–Trinajstić information content (AvgIpc) is 2.98. The van der Waals surface area contributed by atoms with Crippen molar-refractivity contribution >= 4 is 11.8 Å². The van der Waals surface area contributed by atoms with Crippen molar-refractivity contribution in [2.45, 2.75) is 31.8 Å². The molecule has 2 aliphatic rings. The van der Waals surface area contributed by atoms with Crippen LogP contribution >= 0.6 is 0 Å². The molecule has 2 atom stereocenters. The zero-order chi connectivity index (χ0) is 16.2. The maximum absolute atomic E-state index is 12.4. The van der Waals surface area contributed by atoms with Crippen molar-refractivity contribution in [1.82, 2.24) is 15.1 Å². The van der Waals surface area contributed by atoms with Gasteiger partial charge in [-0.1, -0.05) is 30.3 Å². The van der Waals surface area contributed by atoms with E-state index in [-0.39, 0.29) is 23.8 Å². The van der Waals surface area contributed by atoms with E-state index in [2.05, 4.69) is 34.5 Å². The minimum Gasteiger partial charge on any atom is -0.352 e. The van der Waals surface area contributed by atoms with Crippen molar-refractivity contribution in [2.75, 3.05) is 26.7 Å². The highest BCUT2D eigenvalue weighted by atomic mass is 16.2. The van der Waals surface area contributed by atoms with Crippen LogP contribution in [0.25, 0.3) is 0 Å².